The molecule has 2 heterocycles. The molecule has 162 valence electrons. The van der Waals surface area contributed by atoms with Crippen LogP contribution in [0.4, 0.5) is 5.13 Å². The molecule has 0 aliphatic carbocycles. The summed E-state index contributed by atoms with van der Waals surface area (Å²) in [7, 11) is 3.13. The molecule has 0 atom stereocenters. The highest BCUT2D eigenvalue weighted by atomic mass is 32.1. The molecule has 1 amide bonds. The molecule has 4 rings (SSSR count). The number of thiazole rings is 1. The fourth-order valence-corrected chi connectivity index (χ4v) is 3.96. The number of hydrogen-bond donors (Lipinski definition) is 2. The molecule has 0 aliphatic rings. The van der Waals surface area contributed by atoms with Crippen LogP contribution in [-0.2, 0) is 0 Å². The predicted molar refractivity (Wildman–Crippen MR) is 127 cm³/mol. The second kappa shape index (κ2) is 9.16. The van der Waals surface area contributed by atoms with E-state index in [1.165, 1.54) is 17.4 Å². The number of benzene rings is 2. The summed E-state index contributed by atoms with van der Waals surface area (Å²) in [6, 6.07) is 13.9. The van der Waals surface area contributed by atoms with Crippen LogP contribution in [0.2, 0.25) is 0 Å². The normalized spacial score (nSPS) is 10.6. The first-order chi connectivity index (χ1) is 15.5. The van der Waals surface area contributed by atoms with Gasteiger partial charge in [0.15, 0.2) is 21.7 Å². The quantitative estimate of drug-likeness (QED) is 0.335. The molecule has 4 aromatic rings. The van der Waals surface area contributed by atoms with Gasteiger partial charge in [-0.25, -0.2) is 9.78 Å². The van der Waals surface area contributed by atoms with Crippen LogP contribution in [0.15, 0.2) is 63.1 Å². The molecule has 2 aromatic heterocycles. The van der Waals surface area contributed by atoms with Gasteiger partial charge in [-0.15, -0.1) is 11.3 Å². The Kier molecular flexibility index (Phi) is 6.15. The van der Waals surface area contributed by atoms with Gasteiger partial charge in [-0.2, -0.15) is 0 Å². The third-order valence-electron chi connectivity index (χ3n) is 4.52. The molecule has 8 nitrogen and oxygen atoms in total. The zero-order valence-electron chi connectivity index (χ0n) is 17.0. The van der Waals surface area contributed by atoms with E-state index in [1.54, 1.807) is 44.6 Å². The molecule has 0 saturated heterocycles. The Morgan fingerprint density at radius 1 is 1.09 bits per heavy atom. The van der Waals surface area contributed by atoms with Crippen molar-refractivity contribution in [2.45, 2.75) is 0 Å². The van der Waals surface area contributed by atoms with E-state index in [2.05, 4.69) is 15.6 Å². The number of aromatic nitrogens is 1. The number of fused-ring (bicyclic) bond motifs is 1. The van der Waals surface area contributed by atoms with Crippen LogP contribution in [0.25, 0.3) is 22.2 Å². The fraction of sp³-hybridized carbons (Fsp3) is 0.0909. The number of methoxy groups -OCH3 is 2. The van der Waals surface area contributed by atoms with Crippen LogP contribution in [-0.4, -0.2) is 30.2 Å². The highest BCUT2D eigenvalue weighted by molar-refractivity contribution is 7.80. The number of amides is 1. The van der Waals surface area contributed by atoms with Gasteiger partial charge >= 0.3 is 5.63 Å². The highest BCUT2D eigenvalue weighted by Gasteiger charge is 2.16. The molecule has 0 radical (unpaired) electrons. The Morgan fingerprint density at radius 2 is 1.88 bits per heavy atom. The minimum atomic E-state index is -0.742. The maximum atomic E-state index is 12.5. The number of anilines is 1. The first-order valence-electron chi connectivity index (χ1n) is 9.31. The van der Waals surface area contributed by atoms with Crippen molar-refractivity contribution >= 4 is 50.7 Å². The van der Waals surface area contributed by atoms with Crippen LogP contribution in [0.5, 0.6) is 11.5 Å². The van der Waals surface area contributed by atoms with E-state index in [-0.39, 0.29) is 10.7 Å². The van der Waals surface area contributed by atoms with E-state index in [1.807, 2.05) is 17.5 Å². The molecule has 0 unspecified atom stereocenters. The third kappa shape index (κ3) is 4.46. The van der Waals surface area contributed by atoms with Gasteiger partial charge in [0.25, 0.3) is 5.91 Å². The Bertz CT molecular complexity index is 1380. The first kappa shape index (κ1) is 21.5. The van der Waals surface area contributed by atoms with Crippen molar-refractivity contribution in [1.29, 1.82) is 0 Å². The van der Waals surface area contributed by atoms with Gasteiger partial charge in [0, 0.05) is 16.3 Å². The Morgan fingerprint density at radius 3 is 2.66 bits per heavy atom. The maximum absolute atomic E-state index is 12.5. The van der Waals surface area contributed by atoms with Crippen LogP contribution in [0.1, 0.15) is 10.4 Å². The average molecular weight is 468 g/mol. The molecule has 32 heavy (non-hydrogen) atoms. The molecular formula is C22H17N3O5S2. The third-order valence-corrected chi connectivity index (χ3v) is 5.48. The lowest BCUT2D eigenvalue weighted by atomic mass is 10.1. The van der Waals surface area contributed by atoms with Gasteiger partial charge in [0.1, 0.15) is 11.1 Å². The van der Waals surface area contributed by atoms with E-state index < -0.39 is 11.5 Å². The molecule has 2 aromatic carbocycles. The van der Waals surface area contributed by atoms with Crippen LogP contribution in [0, 0.1) is 0 Å². The van der Waals surface area contributed by atoms with Gasteiger partial charge in [-0.1, -0.05) is 18.2 Å². The van der Waals surface area contributed by atoms with E-state index in [0.29, 0.717) is 33.3 Å². The summed E-state index contributed by atoms with van der Waals surface area (Å²) in [5.74, 6) is 0.537. The second-order valence-electron chi connectivity index (χ2n) is 6.50. The number of nitrogens with zero attached hydrogens (tertiary/aromatic N) is 1. The van der Waals surface area contributed by atoms with Crippen LogP contribution < -0.4 is 25.7 Å². The zero-order valence-corrected chi connectivity index (χ0v) is 18.6. The predicted octanol–water partition coefficient (Wildman–Crippen LogP) is 4.06. The standard InChI is InChI=1S/C22H17N3O5S2/c1-28-17-8-7-12(10-18(17)29-2)15-11-32-22(23-15)25-21(31)24-19(26)14-9-13-5-3-4-6-16(13)30-20(14)27/h3-11H,1-2H3,(H2,23,24,25,26,31). The fourth-order valence-electron chi connectivity index (χ4n) is 2.98. The monoisotopic (exact) mass is 467 g/mol. The largest absolute Gasteiger partial charge is 0.493 e. The Balaban J connectivity index is 1.46. The van der Waals surface area contributed by atoms with Crippen molar-refractivity contribution < 1.29 is 18.7 Å². The number of carbonyl (C=O) groups is 1. The first-order valence-corrected chi connectivity index (χ1v) is 10.6. The van der Waals surface area contributed by atoms with Gasteiger partial charge in [-0.05, 0) is 42.5 Å². The summed E-state index contributed by atoms with van der Waals surface area (Å²) in [4.78, 5) is 29.2. The number of thiocarbonyl (C=S) groups is 1. The average Bonchev–Trinajstić information content (AvgIpc) is 3.26. The molecule has 0 aliphatic heterocycles. The van der Waals surface area contributed by atoms with Gasteiger partial charge in [0.2, 0.25) is 0 Å². The molecule has 0 fully saturated rings. The number of rotatable bonds is 5. The molecule has 0 saturated carbocycles. The van der Waals surface area contributed by atoms with Crippen LogP contribution >= 0.6 is 23.6 Å². The van der Waals surface area contributed by atoms with E-state index in [0.717, 1.165) is 5.56 Å². The van der Waals surface area contributed by atoms with E-state index in [4.69, 9.17) is 26.1 Å². The van der Waals surface area contributed by atoms with E-state index >= 15 is 0 Å². The maximum Gasteiger partial charge on any atom is 0.349 e. The summed E-state index contributed by atoms with van der Waals surface area (Å²) in [6.07, 6.45) is 0. The summed E-state index contributed by atoms with van der Waals surface area (Å²) < 4.78 is 15.8. The van der Waals surface area contributed by atoms with Crippen molar-refractivity contribution in [3.05, 3.63) is 69.9 Å². The lowest BCUT2D eigenvalue weighted by Crippen LogP contribution is -2.36. The zero-order chi connectivity index (χ0) is 22.7. The molecular weight excluding hydrogens is 450 g/mol. The number of ether oxygens (including phenoxy) is 2. The lowest BCUT2D eigenvalue weighted by Gasteiger charge is -2.08. The van der Waals surface area contributed by atoms with Gasteiger partial charge < -0.3 is 19.2 Å². The molecule has 0 spiro atoms. The second-order valence-corrected chi connectivity index (χ2v) is 7.77. The summed E-state index contributed by atoms with van der Waals surface area (Å²) in [6.45, 7) is 0. The Hall–Kier alpha value is -3.76. The van der Waals surface area contributed by atoms with Crippen molar-refractivity contribution in [3.8, 4) is 22.8 Å². The minimum Gasteiger partial charge on any atom is -0.493 e. The number of nitrogens with one attached hydrogen (secondary N) is 2. The van der Waals surface area contributed by atoms with Crippen molar-refractivity contribution in [1.82, 2.24) is 10.3 Å². The van der Waals surface area contributed by atoms with Crippen molar-refractivity contribution in [2.24, 2.45) is 0 Å². The van der Waals surface area contributed by atoms with Crippen LogP contribution in [0.3, 0.4) is 0 Å². The number of carbonyl (C=O) groups excluding carboxylic acids is 1. The topological polar surface area (TPSA) is 103 Å². The summed E-state index contributed by atoms with van der Waals surface area (Å²) >= 11 is 6.51. The van der Waals surface area contributed by atoms with Gasteiger partial charge in [-0.3, -0.25) is 10.1 Å². The summed E-state index contributed by atoms with van der Waals surface area (Å²) in [5.41, 5.74) is 1.05. The number of para-hydroxylation sites is 1. The van der Waals surface area contributed by atoms with Gasteiger partial charge in [0.05, 0.1) is 19.9 Å². The minimum absolute atomic E-state index is 0.00997. The van der Waals surface area contributed by atoms with Crippen molar-refractivity contribution in [3.63, 3.8) is 0 Å². The highest BCUT2D eigenvalue weighted by Crippen LogP contribution is 2.33. The Labute approximate surface area is 191 Å². The molecule has 0 bridgehead atoms. The lowest BCUT2D eigenvalue weighted by molar-refractivity contribution is 0.0974. The van der Waals surface area contributed by atoms with E-state index in [9.17, 15) is 9.59 Å². The smallest absolute Gasteiger partial charge is 0.349 e. The summed E-state index contributed by atoms with van der Waals surface area (Å²) in [5, 5.41) is 8.30. The molecule has 10 heteroatoms. The SMILES string of the molecule is COc1ccc(-c2csc(NC(=S)NC(=O)c3cc4ccccc4oc3=O)n2)cc1OC. The molecule has 2 N–H and O–H groups in total. The van der Waals surface area contributed by atoms with Crippen molar-refractivity contribution in [2.75, 3.05) is 19.5 Å². The number of hydrogen-bond acceptors (Lipinski definition) is 8.